The highest BCUT2D eigenvalue weighted by molar-refractivity contribution is 5.68. The van der Waals surface area contributed by atoms with Crippen molar-refractivity contribution in [3.8, 4) is 0 Å². The number of aromatic amines is 1. The SMILES string of the molecule is Cn1c(=O)c2[nH]cnc2n(C)c1=O.NCCC(=O)O. The summed E-state index contributed by atoms with van der Waals surface area (Å²) >= 11 is 0. The van der Waals surface area contributed by atoms with Crippen LogP contribution in [0.2, 0.25) is 0 Å². The molecule has 0 aliphatic heterocycles. The van der Waals surface area contributed by atoms with E-state index in [1.165, 1.54) is 17.9 Å². The molecule has 0 aliphatic rings. The lowest BCUT2D eigenvalue weighted by molar-refractivity contribution is -0.136. The third kappa shape index (κ3) is 3.07. The molecule has 0 aliphatic carbocycles. The van der Waals surface area contributed by atoms with Crippen molar-refractivity contribution in [3.05, 3.63) is 27.2 Å². The van der Waals surface area contributed by atoms with Crippen molar-refractivity contribution in [3.63, 3.8) is 0 Å². The quantitative estimate of drug-likeness (QED) is 0.599. The smallest absolute Gasteiger partial charge is 0.332 e. The fourth-order valence-electron chi connectivity index (χ4n) is 1.39. The maximum Gasteiger partial charge on any atom is 0.332 e. The van der Waals surface area contributed by atoms with Gasteiger partial charge in [-0.2, -0.15) is 0 Å². The van der Waals surface area contributed by atoms with Gasteiger partial charge in [0, 0.05) is 20.6 Å². The first-order valence-electron chi connectivity index (χ1n) is 5.41. The predicted molar refractivity (Wildman–Crippen MR) is 67.9 cm³/mol. The van der Waals surface area contributed by atoms with Gasteiger partial charge >= 0.3 is 11.7 Å². The van der Waals surface area contributed by atoms with Crippen LogP contribution < -0.4 is 17.0 Å². The van der Waals surface area contributed by atoms with Gasteiger partial charge in [0.15, 0.2) is 5.65 Å². The molecule has 0 saturated carbocycles. The molecule has 2 aromatic rings. The minimum Gasteiger partial charge on any atom is -0.481 e. The molecule has 2 heterocycles. The van der Waals surface area contributed by atoms with Crippen molar-refractivity contribution in [2.45, 2.75) is 6.42 Å². The van der Waals surface area contributed by atoms with Crippen LogP contribution >= 0.6 is 0 Å². The zero-order chi connectivity index (χ0) is 14.6. The molecule has 2 rings (SSSR count). The number of aryl methyl sites for hydroxylation is 1. The van der Waals surface area contributed by atoms with Crippen LogP contribution in [0.3, 0.4) is 0 Å². The minimum absolute atomic E-state index is 0.0694. The van der Waals surface area contributed by atoms with Gasteiger partial charge in [-0.25, -0.2) is 9.78 Å². The molecule has 0 amide bonds. The average Bonchev–Trinajstić information content (AvgIpc) is 2.83. The van der Waals surface area contributed by atoms with Crippen LogP contribution in [0, 0.1) is 0 Å². The van der Waals surface area contributed by atoms with Crippen molar-refractivity contribution in [1.82, 2.24) is 19.1 Å². The van der Waals surface area contributed by atoms with Gasteiger partial charge < -0.3 is 15.8 Å². The number of nitrogens with zero attached hydrogens (tertiary/aromatic N) is 3. The van der Waals surface area contributed by atoms with Crippen molar-refractivity contribution in [2.24, 2.45) is 19.8 Å². The molecule has 104 valence electrons. The molecule has 9 nitrogen and oxygen atoms in total. The molecule has 0 atom stereocenters. The number of carbonyl (C=O) groups is 1. The van der Waals surface area contributed by atoms with E-state index in [1.54, 1.807) is 7.05 Å². The number of hydrogen-bond acceptors (Lipinski definition) is 5. The van der Waals surface area contributed by atoms with Crippen LogP contribution in [0.5, 0.6) is 0 Å². The van der Waals surface area contributed by atoms with E-state index in [-0.39, 0.29) is 24.2 Å². The summed E-state index contributed by atoms with van der Waals surface area (Å²) in [4.78, 5) is 38.9. The summed E-state index contributed by atoms with van der Waals surface area (Å²) in [6.45, 7) is 0.231. The first kappa shape index (κ1) is 14.6. The molecule has 0 fully saturated rings. The Morgan fingerprint density at radius 3 is 2.53 bits per heavy atom. The molecule has 0 saturated heterocycles. The zero-order valence-corrected chi connectivity index (χ0v) is 10.6. The highest BCUT2D eigenvalue weighted by atomic mass is 16.4. The zero-order valence-electron chi connectivity index (χ0n) is 10.6. The summed E-state index contributed by atoms with van der Waals surface area (Å²) in [6.07, 6.45) is 1.46. The lowest BCUT2D eigenvalue weighted by Crippen LogP contribution is -2.36. The van der Waals surface area contributed by atoms with Crippen LogP contribution in [0.4, 0.5) is 0 Å². The molecule has 4 N–H and O–H groups in total. The number of H-pyrrole nitrogens is 1. The number of fused-ring (bicyclic) bond motifs is 1. The molecule has 0 radical (unpaired) electrons. The van der Waals surface area contributed by atoms with E-state index in [9.17, 15) is 14.4 Å². The van der Waals surface area contributed by atoms with Crippen LogP contribution in [0.1, 0.15) is 6.42 Å². The van der Waals surface area contributed by atoms with Crippen molar-refractivity contribution < 1.29 is 9.90 Å². The second-order valence-electron chi connectivity index (χ2n) is 3.74. The van der Waals surface area contributed by atoms with Crippen LogP contribution in [0.25, 0.3) is 11.2 Å². The Kier molecular flexibility index (Phi) is 4.59. The summed E-state index contributed by atoms with van der Waals surface area (Å²) in [5, 5.41) is 7.83. The Balaban J connectivity index is 0.000000258. The van der Waals surface area contributed by atoms with Gasteiger partial charge in [0.05, 0.1) is 12.7 Å². The first-order valence-corrected chi connectivity index (χ1v) is 5.41. The molecule has 9 heteroatoms. The number of nitrogens with one attached hydrogen (secondary N) is 1. The Hall–Kier alpha value is -2.42. The van der Waals surface area contributed by atoms with E-state index < -0.39 is 5.97 Å². The highest BCUT2D eigenvalue weighted by Crippen LogP contribution is 1.97. The molecule has 0 unspecified atom stereocenters. The van der Waals surface area contributed by atoms with Crippen LogP contribution in [0.15, 0.2) is 15.9 Å². The second-order valence-corrected chi connectivity index (χ2v) is 3.74. The Morgan fingerprint density at radius 1 is 1.42 bits per heavy atom. The number of rotatable bonds is 2. The van der Waals surface area contributed by atoms with Crippen molar-refractivity contribution >= 4 is 17.1 Å². The Bertz CT molecular complexity index is 696. The van der Waals surface area contributed by atoms with E-state index in [4.69, 9.17) is 10.8 Å². The Labute approximate surface area is 107 Å². The topological polar surface area (TPSA) is 136 Å². The average molecular weight is 269 g/mol. The number of hydrogen-bond donors (Lipinski definition) is 3. The van der Waals surface area contributed by atoms with Gasteiger partial charge in [-0.3, -0.25) is 18.7 Å². The number of carboxylic acids is 1. The lowest BCUT2D eigenvalue weighted by atomic mass is 10.5. The standard InChI is InChI=1S/C7H8N4O2.C3H7NO2/c1-10-5-4(8-3-9-5)6(12)11(2)7(10)13;4-2-1-3(5)6/h3H,1-2H3,(H,8,9);1-2,4H2,(H,5,6). The predicted octanol–water partition coefficient (Wildman–Crippen LogP) is -1.62. The molecule has 2 aromatic heterocycles. The van der Waals surface area contributed by atoms with Gasteiger partial charge in [0.2, 0.25) is 0 Å². The number of carboxylic acid groups (broad SMARTS) is 1. The summed E-state index contributed by atoms with van der Waals surface area (Å²) in [5.74, 6) is -0.836. The van der Waals surface area contributed by atoms with E-state index >= 15 is 0 Å². The van der Waals surface area contributed by atoms with Gasteiger partial charge in [0.25, 0.3) is 5.56 Å². The summed E-state index contributed by atoms with van der Waals surface area (Å²) in [6, 6.07) is 0. The van der Waals surface area contributed by atoms with Crippen LogP contribution in [-0.4, -0.2) is 36.7 Å². The van der Waals surface area contributed by atoms with E-state index in [0.717, 1.165) is 4.57 Å². The normalized spacial score (nSPS) is 10.1. The molecular formula is C10H15N5O4. The van der Waals surface area contributed by atoms with Gasteiger partial charge in [0.1, 0.15) is 5.52 Å². The molecular weight excluding hydrogens is 254 g/mol. The van der Waals surface area contributed by atoms with Gasteiger partial charge in [-0.15, -0.1) is 0 Å². The number of imidazole rings is 1. The lowest BCUT2D eigenvalue weighted by Gasteiger charge is -2.00. The highest BCUT2D eigenvalue weighted by Gasteiger charge is 2.08. The van der Waals surface area contributed by atoms with Crippen molar-refractivity contribution in [2.75, 3.05) is 6.54 Å². The summed E-state index contributed by atoms with van der Waals surface area (Å²) in [5.41, 5.74) is 4.86. The first-order chi connectivity index (χ1) is 8.90. The third-order valence-electron chi connectivity index (χ3n) is 2.39. The fraction of sp³-hybridized carbons (Fsp3) is 0.400. The number of aromatic nitrogens is 4. The maximum atomic E-state index is 11.4. The van der Waals surface area contributed by atoms with Crippen LogP contribution in [-0.2, 0) is 18.9 Å². The summed E-state index contributed by atoms with van der Waals surface area (Å²) < 4.78 is 2.37. The van der Waals surface area contributed by atoms with E-state index in [0.29, 0.717) is 11.2 Å². The largest absolute Gasteiger partial charge is 0.481 e. The number of aliphatic carboxylic acids is 1. The molecule has 19 heavy (non-hydrogen) atoms. The number of nitrogens with two attached hydrogens (primary N) is 1. The molecule has 0 aromatic carbocycles. The fourth-order valence-corrected chi connectivity index (χ4v) is 1.39. The van der Waals surface area contributed by atoms with Gasteiger partial charge in [-0.05, 0) is 0 Å². The third-order valence-corrected chi connectivity index (χ3v) is 2.39. The molecule has 0 spiro atoms. The Morgan fingerprint density at radius 2 is 2.05 bits per heavy atom. The summed E-state index contributed by atoms with van der Waals surface area (Å²) in [7, 11) is 3.01. The van der Waals surface area contributed by atoms with E-state index in [1.807, 2.05) is 0 Å². The second kappa shape index (κ2) is 5.96. The van der Waals surface area contributed by atoms with Crippen molar-refractivity contribution in [1.29, 1.82) is 0 Å². The maximum absolute atomic E-state index is 11.4. The minimum atomic E-state index is -0.836. The molecule has 0 bridgehead atoms. The monoisotopic (exact) mass is 269 g/mol. The van der Waals surface area contributed by atoms with Gasteiger partial charge in [-0.1, -0.05) is 0 Å². The van der Waals surface area contributed by atoms with E-state index in [2.05, 4.69) is 9.97 Å².